The highest BCUT2D eigenvalue weighted by molar-refractivity contribution is 7.52. The van der Waals surface area contributed by atoms with Crippen LogP contribution in [0.15, 0.2) is 21.9 Å². The SMILES string of the molecule is O=c1ccn([C@@H]2O[C@H](C(O)P(=O)(O)O)[C@@H](OP(=O)(O)O)[C@H]2O)c(=O)[nH]1. The molecule has 0 aromatic carbocycles. The first-order valence-corrected chi connectivity index (χ1v) is 9.64. The van der Waals surface area contributed by atoms with Crippen molar-refractivity contribution in [2.75, 3.05) is 0 Å². The molecule has 0 spiro atoms. The van der Waals surface area contributed by atoms with Crippen LogP contribution in [0.25, 0.3) is 0 Å². The molecule has 1 aliphatic rings. The fraction of sp³-hybridized carbons (Fsp3) is 0.556. The van der Waals surface area contributed by atoms with Gasteiger partial charge in [0.05, 0.1) is 0 Å². The lowest BCUT2D eigenvalue weighted by Gasteiger charge is -2.24. The van der Waals surface area contributed by atoms with Crippen molar-refractivity contribution in [3.05, 3.63) is 33.1 Å². The van der Waals surface area contributed by atoms with Crippen LogP contribution in [0, 0.1) is 0 Å². The highest BCUT2D eigenvalue weighted by Crippen LogP contribution is 2.50. The number of nitrogens with one attached hydrogen (secondary N) is 1. The Morgan fingerprint density at radius 3 is 2.32 bits per heavy atom. The summed E-state index contributed by atoms with van der Waals surface area (Å²) in [6.07, 6.45) is -7.09. The van der Waals surface area contributed by atoms with Crippen LogP contribution in [0.4, 0.5) is 0 Å². The number of ether oxygens (including phenoxy) is 1. The molecule has 14 nitrogen and oxygen atoms in total. The molecular weight excluding hydrogens is 390 g/mol. The highest BCUT2D eigenvalue weighted by atomic mass is 31.2. The van der Waals surface area contributed by atoms with E-state index < -0.39 is 57.1 Å². The predicted molar refractivity (Wildman–Crippen MR) is 76.2 cm³/mol. The van der Waals surface area contributed by atoms with Crippen molar-refractivity contribution in [2.24, 2.45) is 0 Å². The molecule has 16 heteroatoms. The van der Waals surface area contributed by atoms with E-state index in [0.717, 1.165) is 12.3 Å². The Labute approximate surface area is 137 Å². The third-order valence-corrected chi connectivity index (χ3v) is 4.77. The first-order chi connectivity index (χ1) is 11.3. The van der Waals surface area contributed by atoms with Crippen molar-refractivity contribution in [3.63, 3.8) is 0 Å². The van der Waals surface area contributed by atoms with Crippen LogP contribution in [-0.4, -0.2) is 63.5 Å². The summed E-state index contributed by atoms with van der Waals surface area (Å²) in [7, 11) is -10.5. The van der Waals surface area contributed by atoms with E-state index in [1.165, 1.54) is 0 Å². The monoisotopic (exact) mass is 404 g/mol. The summed E-state index contributed by atoms with van der Waals surface area (Å²) in [6.45, 7) is 0. The summed E-state index contributed by atoms with van der Waals surface area (Å²) in [4.78, 5) is 60.4. The molecule has 1 saturated heterocycles. The number of phosphoric acid groups is 1. The molecule has 7 N–H and O–H groups in total. The molecule has 1 fully saturated rings. The lowest BCUT2D eigenvalue weighted by atomic mass is 10.1. The van der Waals surface area contributed by atoms with Crippen molar-refractivity contribution in [1.29, 1.82) is 0 Å². The van der Waals surface area contributed by atoms with Gasteiger partial charge in [0.2, 0.25) is 0 Å². The van der Waals surface area contributed by atoms with Crippen LogP contribution >= 0.6 is 15.4 Å². The molecule has 5 atom stereocenters. The molecule has 1 aromatic rings. The topological polar surface area (TPSA) is 229 Å². The Balaban J connectivity index is 2.45. The van der Waals surface area contributed by atoms with Crippen molar-refractivity contribution < 1.29 is 48.2 Å². The van der Waals surface area contributed by atoms with Crippen molar-refractivity contribution in [1.82, 2.24) is 9.55 Å². The van der Waals surface area contributed by atoms with E-state index in [2.05, 4.69) is 4.52 Å². The first-order valence-electron chi connectivity index (χ1n) is 6.43. The first kappa shape index (κ1) is 20.1. The second-order valence-electron chi connectivity index (χ2n) is 5.06. The number of H-pyrrole nitrogens is 1. The molecule has 0 amide bonds. The van der Waals surface area contributed by atoms with Gasteiger partial charge in [-0.15, -0.1) is 0 Å². The van der Waals surface area contributed by atoms with Crippen molar-refractivity contribution >= 4 is 15.4 Å². The molecule has 2 heterocycles. The molecule has 2 rings (SSSR count). The van der Waals surface area contributed by atoms with E-state index in [9.17, 15) is 28.9 Å². The second kappa shape index (κ2) is 6.85. The fourth-order valence-corrected chi connectivity index (χ4v) is 3.43. The standard InChI is InChI=1S/C9H14N2O12P2/c12-3-1-2-11(9(15)10-3)7-4(13)5(23-25(19,20)21)6(22-7)8(14)24(16,17)18/h1-2,4-8,13-14H,(H,10,12,15)(H2,16,17,18)(H2,19,20,21)/t4-,5+,6+,7-,8?/m1/s1. The third kappa shape index (κ3) is 4.51. The average molecular weight is 404 g/mol. The number of aromatic amines is 1. The van der Waals surface area contributed by atoms with E-state index in [1.807, 2.05) is 4.98 Å². The summed E-state index contributed by atoms with van der Waals surface area (Å²) in [5, 5.41) is 19.8. The molecular formula is C9H14N2O12P2. The molecule has 1 aliphatic heterocycles. The number of rotatable bonds is 5. The smallest absolute Gasteiger partial charge is 0.386 e. The molecule has 0 bridgehead atoms. The van der Waals surface area contributed by atoms with Crippen LogP contribution in [-0.2, 0) is 18.4 Å². The Kier molecular flexibility index (Phi) is 5.52. The van der Waals surface area contributed by atoms with Gasteiger partial charge in [-0.25, -0.2) is 9.36 Å². The Hall–Kier alpha value is -1.18. The van der Waals surface area contributed by atoms with Gasteiger partial charge in [0.25, 0.3) is 5.56 Å². The second-order valence-corrected chi connectivity index (χ2v) is 7.96. The Bertz CT molecular complexity index is 837. The summed E-state index contributed by atoms with van der Waals surface area (Å²) in [5.74, 6) is -2.61. The molecule has 1 aromatic heterocycles. The molecule has 0 radical (unpaired) electrons. The maximum atomic E-state index is 11.7. The number of hydrogen-bond donors (Lipinski definition) is 7. The molecule has 1 unspecified atom stereocenters. The largest absolute Gasteiger partial charge is 0.470 e. The van der Waals surface area contributed by atoms with Crippen LogP contribution in [0.2, 0.25) is 0 Å². The minimum Gasteiger partial charge on any atom is -0.386 e. The summed E-state index contributed by atoms with van der Waals surface area (Å²) < 4.78 is 32.1. The Morgan fingerprint density at radius 2 is 1.84 bits per heavy atom. The van der Waals surface area contributed by atoms with Gasteiger partial charge < -0.3 is 34.5 Å². The lowest BCUT2D eigenvalue weighted by Crippen LogP contribution is -2.40. The summed E-state index contributed by atoms with van der Waals surface area (Å²) in [6, 6.07) is 0.864. The van der Waals surface area contributed by atoms with Gasteiger partial charge in [0.15, 0.2) is 12.1 Å². The van der Waals surface area contributed by atoms with Crippen LogP contribution < -0.4 is 11.2 Å². The number of aliphatic hydroxyl groups excluding tert-OH is 2. The molecule has 0 aliphatic carbocycles. The number of phosphoric ester groups is 1. The number of hydrogen-bond acceptors (Lipinski definition) is 8. The zero-order valence-electron chi connectivity index (χ0n) is 12.0. The van der Waals surface area contributed by atoms with Gasteiger partial charge >= 0.3 is 21.1 Å². The average Bonchev–Trinajstić information content (AvgIpc) is 2.73. The van der Waals surface area contributed by atoms with Gasteiger partial charge in [-0.05, 0) is 0 Å². The maximum Gasteiger partial charge on any atom is 0.470 e. The van der Waals surface area contributed by atoms with E-state index in [-0.39, 0.29) is 0 Å². The fourth-order valence-electron chi connectivity index (χ4n) is 2.25. The number of nitrogens with zero attached hydrogens (tertiary/aromatic N) is 1. The van der Waals surface area contributed by atoms with E-state index >= 15 is 0 Å². The molecule has 0 saturated carbocycles. The van der Waals surface area contributed by atoms with Crippen LogP contribution in [0.1, 0.15) is 6.23 Å². The zero-order valence-corrected chi connectivity index (χ0v) is 13.8. The normalized spacial score (nSPS) is 28.9. The van der Waals surface area contributed by atoms with Crippen LogP contribution in [0.3, 0.4) is 0 Å². The number of aromatic nitrogens is 2. The summed E-state index contributed by atoms with van der Waals surface area (Å²) in [5.41, 5.74) is -1.87. The maximum absolute atomic E-state index is 11.7. The molecule has 142 valence electrons. The van der Waals surface area contributed by atoms with E-state index in [4.69, 9.17) is 24.3 Å². The number of aliphatic hydroxyl groups is 2. The molecule has 25 heavy (non-hydrogen) atoms. The predicted octanol–water partition coefficient (Wildman–Crippen LogP) is -3.23. The highest BCUT2D eigenvalue weighted by Gasteiger charge is 2.54. The van der Waals surface area contributed by atoms with Crippen molar-refractivity contribution in [3.8, 4) is 0 Å². The van der Waals surface area contributed by atoms with Gasteiger partial charge in [-0.2, -0.15) is 0 Å². The minimum absolute atomic E-state index is 0.592. The Morgan fingerprint density at radius 1 is 1.24 bits per heavy atom. The van der Waals surface area contributed by atoms with Gasteiger partial charge in [0.1, 0.15) is 18.3 Å². The van der Waals surface area contributed by atoms with Crippen LogP contribution in [0.5, 0.6) is 0 Å². The quantitative estimate of drug-likeness (QED) is 0.240. The van der Waals surface area contributed by atoms with E-state index in [0.29, 0.717) is 4.57 Å². The lowest BCUT2D eigenvalue weighted by molar-refractivity contribution is -0.0691. The van der Waals surface area contributed by atoms with Gasteiger partial charge in [-0.1, -0.05) is 0 Å². The van der Waals surface area contributed by atoms with Crippen molar-refractivity contribution in [2.45, 2.75) is 30.4 Å². The summed E-state index contributed by atoms with van der Waals surface area (Å²) >= 11 is 0. The third-order valence-electron chi connectivity index (χ3n) is 3.27. The van der Waals surface area contributed by atoms with E-state index in [1.54, 1.807) is 0 Å². The zero-order chi connectivity index (χ0) is 19.2. The minimum atomic E-state index is -5.27. The van der Waals surface area contributed by atoms with Gasteiger partial charge in [0, 0.05) is 12.3 Å². The van der Waals surface area contributed by atoms with Gasteiger partial charge in [-0.3, -0.25) is 23.4 Å².